The van der Waals surface area contributed by atoms with Gasteiger partial charge in [-0.2, -0.15) is 0 Å². The molecule has 0 amide bonds. The van der Waals surface area contributed by atoms with Gasteiger partial charge in [0.2, 0.25) is 0 Å². The molecule has 0 radical (unpaired) electrons. The number of ether oxygens (including phenoxy) is 2. The Balaban J connectivity index is 0.00000220. The highest BCUT2D eigenvalue weighted by molar-refractivity contribution is 14.0. The second-order valence-corrected chi connectivity index (χ2v) is 5.12. The molecule has 0 saturated heterocycles. The molecule has 0 heterocycles. The molecule has 0 spiro atoms. The molecule has 2 rings (SSSR count). The highest BCUT2D eigenvalue weighted by Crippen LogP contribution is 2.27. The smallest absolute Gasteiger partial charge is 0.191 e. The van der Waals surface area contributed by atoms with Crippen LogP contribution in [-0.4, -0.2) is 43.7 Å². The Morgan fingerprint density at radius 1 is 1.38 bits per heavy atom. The molecule has 1 unspecified atom stereocenters. The minimum atomic E-state index is -0.0579. The fraction of sp³-hybridized carbons (Fsp3) is 0.533. The number of hydrogen-bond acceptors (Lipinski definition) is 3. The topological polar surface area (TPSA) is 60.1 Å². The van der Waals surface area contributed by atoms with Crippen LogP contribution >= 0.6 is 24.0 Å². The Bertz CT molecular complexity index is 478. The summed E-state index contributed by atoms with van der Waals surface area (Å²) in [5, 5.41) is 0. The molecular weight excluding hydrogens is 381 g/mol. The number of nitrogens with zero attached hydrogens (tertiary/aromatic N) is 2. The Labute approximate surface area is 143 Å². The zero-order valence-corrected chi connectivity index (χ0v) is 15.1. The van der Waals surface area contributed by atoms with Crippen molar-refractivity contribution in [3.05, 3.63) is 24.3 Å². The first-order valence-electron chi connectivity index (χ1n) is 6.94. The molecule has 0 aromatic heterocycles. The molecule has 5 nitrogen and oxygen atoms in total. The van der Waals surface area contributed by atoms with Crippen molar-refractivity contribution in [1.82, 2.24) is 4.90 Å². The van der Waals surface area contributed by atoms with Crippen LogP contribution in [0.25, 0.3) is 0 Å². The molecule has 2 N–H and O–H groups in total. The number of halogens is 1. The van der Waals surface area contributed by atoms with E-state index in [9.17, 15) is 0 Å². The van der Waals surface area contributed by atoms with E-state index in [1.54, 1.807) is 7.11 Å². The van der Waals surface area contributed by atoms with Gasteiger partial charge in [-0.3, -0.25) is 0 Å². The molecule has 1 aliphatic rings. The maximum atomic E-state index is 5.95. The lowest BCUT2D eigenvalue weighted by Crippen LogP contribution is -2.36. The summed E-state index contributed by atoms with van der Waals surface area (Å²) in [5.41, 5.74) is 5.95. The summed E-state index contributed by atoms with van der Waals surface area (Å²) >= 11 is 0. The van der Waals surface area contributed by atoms with Gasteiger partial charge in [0.15, 0.2) is 17.5 Å². The van der Waals surface area contributed by atoms with Gasteiger partial charge in [-0.05, 0) is 31.9 Å². The summed E-state index contributed by atoms with van der Waals surface area (Å²) in [6.07, 6.45) is 2.36. The second kappa shape index (κ2) is 8.31. The average Bonchev–Trinajstić information content (AvgIpc) is 3.29. The Morgan fingerprint density at radius 3 is 2.57 bits per heavy atom. The van der Waals surface area contributed by atoms with E-state index in [1.165, 1.54) is 12.8 Å². The molecule has 1 aliphatic carbocycles. The third-order valence-corrected chi connectivity index (χ3v) is 3.36. The molecule has 1 aromatic rings. The van der Waals surface area contributed by atoms with Gasteiger partial charge in [-0.25, -0.2) is 4.99 Å². The van der Waals surface area contributed by atoms with Crippen LogP contribution in [0.2, 0.25) is 0 Å². The largest absolute Gasteiger partial charge is 0.493 e. The Hall–Kier alpha value is -1.18. The molecule has 21 heavy (non-hydrogen) atoms. The van der Waals surface area contributed by atoms with Crippen molar-refractivity contribution in [2.24, 2.45) is 10.7 Å². The minimum absolute atomic E-state index is 0. The summed E-state index contributed by atoms with van der Waals surface area (Å²) in [7, 11) is 3.62. The van der Waals surface area contributed by atoms with E-state index < -0.39 is 0 Å². The molecular formula is C15H24IN3O2. The van der Waals surface area contributed by atoms with Gasteiger partial charge in [0.1, 0.15) is 6.10 Å². The van der Waals surface area contributed by atoms with Crippen LogP contribution in [0.15, 0.2) is 29.3 Å². The highest BCUT2D eigenvalue weighted by atomic mass is 127. The molecule has 6 heteroatoms. The van der Waals surface area contributed by atoms with E-state index in [-0.39, 0.29) is 30.1 Å². The van der Waals surface area contributed by atoms with E-state index >= 15 is 0 Å². The van der Waals surface area contributed by atoms with Crippen molar-refractivity contribution in [3.63, 3.8) is 0 Å². The molecule has 1 atom stereocenters. The van der Waals surface area contributed by atoms with Gasteiger partial charge >= 0.3 is 0 Å². The maximum Gasteiger partial charge on any atom is 0.191 e. The van der Waals surface area contributed by atoms with Crippen molar-refractivity contribution in [2.75, 3.05) is 20.7 Å². The minimum Gasteiger partial charge on any atom is -0.493 e. The summed E-state index contributed by atoms with van der Waals surface area (Å²) in [5.74, 6) is 2.04. The molecule has 0 aliphatic heterocycles. The number of aliphatic imine (C=N–C) groups is 1. The third kappa shape index (κ3) is 5.26. The normalized spacial score (nSPS) is 15.9. The van der Waals surface area contributed by atoms with Crippen LogP contribution in [0.3, 0.4) is 0 Å². The third-order valence-electron chi connectivity index (χ3n) is 3.36. The fourth-order valence-electron chi connectivity index (χ4n) is 1.95. The van der Waals surface area contributed by atoms with Crippen molar-refractivity contribution in [3.8, 4) is 11.5 Å². The maximum absolute atomic E-state index is 5.95. The van der Waals surface area contributed by atoms with Crippen LogP contribution in [0.5, 0.6) is 11.5 Å². The predicted octanol–water partition coefficient (Wildman–Crippen LogP) is 2.49. The number of methoxy groups -OCH3 is 1. The van der Waals surface area contributed by atoms with Crippen molar-refractivity contribution in [1.29, 1.82) is 0 Å². The molecule has 1 saturated carbocycles. The van der Waals surface area contributed by atoms with Gasteiger partial charge < -0.3 is 20.1 Å². The lowest BCUT2D eigenvalue weighted by Gasteiger charge is -2.19. The summed E-state index contributed by atoms with van der Waals surface area (Å²) < 4.78 is 11.1. The average molecular weight is 405 g/mol. The Morgan fingerprint density at radius 2 is 2.00 bits per heavy atom. The number of hydrogen-bond donors (Lipinski definition) is 1. The fourth-order valence-corrected chi connectivity index (χ4v) is 1.95. The monoisotopic (exact) mass is 405 g/mol. The van der Waals surface area contributed by atoms with E-state index in [2.05, 4.69) is 4.99 Å². The Kier molecular flexibility index (Phi) is 7.07. The lowest BCUT2D eigenvalue weighted by molar-refractivity contribution is 0.219. The van der Waals surface area contributed by atoms with E-state index in [1.807, 2.05) is 43.1 Å². The summed E-state index contributed by atoms with van der Waals surface area (Å²) in [4.78, 5) is 6.43. The number of benzene rings is 1. The number of nitrogens with two attached hydrogens (primary N) is 1. The van der Waals surface area contributed by atoms with Crippen molar-refractivity contribution >= 4 is 29.9 Å². The predicted molar refractivity (Wildman–Crippen MR) is 95.8 cm³/mol. The van der Waals surface area contributed by atoms with E-state index in [4.69, 9.17) is 15.2 Å². The first-order chi connectivity index (χ1) is 9.61. The van der Waals surface area contributed by atoms with Gasteiger partial charge in [0.05, 0.1) is 13.7 Å². The van der Waals surface area contributed by atoms with Crippen LogP contribution in [-0.2, 0) is 0 Å². The SMILES string of the molecule is COc1ccccc1OC(C)CN=C(N)N(C)C1CC1.I. The van der Waals surface area contributed by atoms with Crippen LogP contribution < -0.4 is 15.2 Å². The first-order valence-corrected chi connectivity index (χ1v) is 6.94. The van der Waals surface area contributed by atoms with Gasteiger partial charge in [-0.15, -0.1) is 24.0 Å². The van der Waals surface area contributed by atoms with Gasteiger partial charge in [0.25, 0.3) is 0 Å². The van der Waals surface area contributed by atoms with Crippen LogP contribution in [0, 0.1) is 0 Å². The molecule has 1 fully saturated rings. The van der Waals surface area contributed by atoms with E-state index in [0.717, 1.165) is 11.5 Å². The number of guanidine groups is 1. The molecule has 1 aromatic carbocycles. The lowest BCUT2D eigenvalue weighted by atomic mass is 10.3. The summed E-state index contributed by atoms with van der Waals surface area (Å²) in [6, 6.07) is 8.17. The van der Waals surface area contributed by atoms with Gasteiger partial charge in [-0.1, -0.05) is 12.1 Å². The van der Waals surface area contributed by atoms with E-state index in [0.29, 0.717) is 18.5 Å². The quantitative estimate of drug-likeness (QED) is 0.449. The zero-order valence-electron chi connectivity index (χ0n) is 12.8. The second-order valence-electron chi connectivity index (χ2n) is 5.12. The first kappa shape index (κ1) is 17.9. The van der Waals surface area contributed by atoms with Crippen LogP contribution in [0.4, 0.5) is 0 Å². The standard InChI is InChI=1S/C15H23N3O2.HI/c1-11(10-17-15(16)18(2)12-8-9-12)20-14-7-5-4-6-13(14)19-3;/h4-7,11-12H,8-10H2,1-3H3,(H2,16,17);1H. The molecule has 118 valence electrons. The van der Waals surface area contributed by atoms with Crippen LogP contribution in [0.1, 0.15) is 19.8 Å². The van der Waals surface area contributed by atoms with Crippen molar-refractivity contribution < 1.29 is 9.47 Å². The highest BCUT2D eigenvalue weighted by Gasteiger charge is 2.27. The van der Waals surface area contributed by atoms with Crippen molar-refractivity contribution in [2.45, 2.75) is 31.9 Å². The number of para-hydroxylation sites is 2. The zero-order chi connectivity index (χ0) is 14.5. The van der Waals surface area contributed by atoms with Gasteiger partial charge in [0, 0.05) is 13.1 Å². The summed E-state index contributed by atoms with van der Waals surface area (Å²) in [6.45, 7) is 2.50. The number of rotatable bonds is 6. The molecule has 0 bridgehead atoms.